The fraction of sp³-hybridized carbons (Fsp3) is 0.227. The van der Waals surface area contributed by atoms with E-state index in [-0.39, 0.29) is 23.1 Å². The highest BCUT2D eigenvalue weighted by molar-refractivity contribution is 9.10. The van der Waals surface area contributed by atoms with Crippen molar-refractivity contribution in [2.75, 3.05) is 13.7 Å². The number of hydrogen-bond acceptors (Lipinski definition) is 5. The number of benzene rings is 2. The van der Waals surface area contributed by atoms with E-state index in [1.54, 1.807) is 18.2 Å². The predicted molar refractivity (Wildman–Crippen MR) is 131 cm³/mol. The van der Waals surface area contributed by atoms with E-state index in [2.05, 4.69) is 47.9 Å². The largest absolute Gasteiger partial charge is 0.493 e. The van der Waals surface area contributed by atoms with Crippen molar-refractivity contribution in [2.45, 2.75) is 19.8 Å². The van der Waals surface area contributed by atoms with Crippen LogP contribution in [0, 0.1) is 12.3 Å². The summed E-state index contributed by atoms with van der Waals surface area (Å²) in [4.78, 5) is 17.8. The van der Waals surface area contributed by atoms with Crippen molar-refractivity contribution in [2.24, 2.45) is 5.10 Å². The third-order valence-electron chi connectivity index (χ3n) is 4.34. The lowest BCUT2D eigenvalue weighted by Gasteiger charge is -2.14. The van der Waals surface area contributed by atoms with Gasteiger partial charge in [0, 0.05) is 20.4 Å². The third kappa shape index (κ3) is 4.79. The molecule has 1 heterocycles. The van der Waals surface area contributed by atoms with Crippen LogP contribution in [-0.2, 0) is 0 Å². The highest BCUT2D eigenvalue weighted by atomic mass is 79.9. The summed E-state index contributed by atoms with van der Waals surface area (Å²) in [6, 6.07) is 7.07. The van der Waals surface area contributed by atoms with Crippen molar-refractivity contribution >= 4 is 60.6 Å². The highest BCUT2D eigenvalue weighted by Crippen LogP contribution is 2.42. The van der Waals surface area contributed by atoms with Crippen LogP contribution in [0.25, 0.3) is 10.9 Å². The third-order valence-corrected chi connectivity index (χ3v) is 6.27. The predicted octanol–water partition coefficient (Wildman–Crippen LogP) is 5.60. The number of terminal acetylenes is 1. The molecule has 0 bridgehead atoms. The van der Waals surface area contributed by atoms with E-state index in [0.29, 0.717) is 38.3 Å². The Bertz CT molecular complexity index is 1280. The van der Waals surface area contributed by atoms with Gasteiger partial charge < -0.3 is 9.47 Å². The molecule has 0 aliphatic carbocycles. The van der Waals surface area contributed by atoms with Crippen molar-refractivity contribution in [3.05, 3.63) is 60.0 Å². The molecule has 0 saturated carbocycles. The van der Waals surface area contributed by atoms with Crippen LogP contribution < -0.4 is 15.0 Å². The van der Waals surface area contributed by atoms with E-state index < -0.39 is 0 Å². The first-order valence-electron chi connectivity index (χ1n) is 9.17. The van der Waals surface area contributed by atoms with Gasteiger partial charge in [-0.2, -0.15) is 9.78 Å². The lowest BCUT2D eigenvalue weighted by molar-refractivity contribution is 0.331. The van der Waals surface area contributed by atoms with Crippen LogP contribution in [-0.4, -0.2) is 29.6 Å². The first kappa shape index (κ1) is 23.3. The normalized spacial score (nSPS) is 11.3. The molecule has 0 spiro atoms. The van der Waals surface area contributed by atoms with Gasteiger partial charge in [-0.1, -0.05) is 47.3 Å². The molecule has 0 N–H and O–H groups in total. The van der Waals surface area contributed by atoms with Gasteiger partial charge in [0.15, 0.2) is 11.5 Å². The maximum absolute atomic E-state index is 13.2. The number of methoxy groups -OCH3 is 1. The van der Waals surface area contributed by atoms with Gasteiger partial charge in [-0.3, -0.25) is 4.79 Å². The molecular weight excluding hydrogens is 550 g/mol. The first-order valence-corrected chi connectivity index (χ1v) is 11.1. The fourth-order valence-corrected chi connectivity index (χ4v) is 3.88. The molecule has 0 saturated heterocycles. The Kier molecular flexibility index (Phi) is 7.42. The topological polar surface area (TPSA) is 65.7 Å². The summed E-state index contributed by atoms with van der Waals surface area (Å²) >= 11 is 13.3. The van der Waals surface area contributed by atoms with Crippen molar-refractivity contribution in [3.8, 4) is 23.8 Å². The van der Waals surface area contributed by atoms with E-state index in [9.17, 15) is 4.79 Å². The molecule has 3 aromatic rings. The molecule has 6 nitrogen and oxygen atoms in total. The fourth-order valence-electron chi connectivity index (χ4n) is 2.87. The summed E-state index contributed by atoms with van der Waals surface area (Å²) in [5.41, 5.74) is 0.935. The number of fused-ring (bicyclic) bond motifs is 1. The molecule has 0 aliphatic heterocycles. The van der Waals surface area contributed by atoms with Crippen LogP contribution in [0.3, 0.4) is 0 Å². The smallest absolute Gasteiger partial charge is 0.282 e. The van der Waals surface area contributed by atoms with Gasteiger partial charge in [0.1, 0.15) is 17.5 Å². The molecule has 0 radical (unpaired) electrons. The number of halogens is 3. The van der Waals surface area contributed by atoms with Crippen molar-refractivity contribution in [1.82, 2.24) is 9.66 Å². The van der Waals surface area contributed by atoms with Crippen molar-refractivity contribution < 1.29 is 9.47 Å². The maximum Gasteiger partial charge on any atom is 0.282 e. The minimum Gasteiger partial charge on any atom is -0.493 e. The second-order valence-electron chi connectivity index (χ2n) is 6.77. The van der Waals surface area contributed by atoms with Gasteiger partial charge in [-0.15, -0.1) is 6.42 Å². The van der Waals surface area contributed by atoms with Crippen LogP contribution >= 0.6 is 43.5 Å². The molecular formula is C22H18Br2ClN3O3. The lowest BCUT2D eigenvalue weighted by Crippen LogP contribution is -2.23. The second kappa shape index (κ2) is 9.86. The molecule has 0 amide bonds. The Morgan fingerprint density at radius 2 is 2.10 bits per heavy atom. The van der Waals surface area contributed by atoms with E-state index in [4.69, 9.17) is 27.5 Å². The Hall–Kier alpha value is -2.34. The number of rotatable bonds is 6. The van der Waals surface area contributed by atoms with Gasteiger partial charge >= 0.3 is 0 Å². The summed E-state index contributed by atoms with van der Waals surface area (Å²) in [6.07, 6.45) is 6.78. The van der Waals surface area contributed by atoms with E-state index >= 15 is 0 Å². The Morgan fingerprint density at radius 3 is 2.74 bits per heavy atom. The quantitative estimate of drug-likeness (QED) is 0.287. The number of nitrogens with zero attached hydrogens (tertiary/aromatic N) is 3. The Balaban J connectivity index is 2.16. The molecule has 0 atom stereocenters. The molecule has 31 heavy (non-hydrogen) atoms. The van der Waals surface area contributed by atoms with Crippen LogP contribution in [0.1, 0.15) is 31.2 Å². The van der Waals surface area contributed by atoms with Gasteiger partial charge in [-0.05, 0) is 40.2 Å². The van der Waals surface area contributed by atoms with Crippen molar-refractivity contribution in [1.29, 1.82) is 0 Å². The van der Waals surface area contributed by atoms with Crippen LogP contribution in [0.5, 0.6) is 11.5 Å². The maximum atomic E-state index is 13.2. The van der Waals surface area contributed by atoms with Crippen LogP contribution in [0.2, 0.25) is 5.02 Å². The molecule has 0 aliphatic rings. The molecule has 0 fully saturated rings. The minimum atomic E-state index is -0.269. The van der Waals surface area contributed by atoms with E-state index in [1.165, 1.54) is 18.0 Å². The second-order valence-corrected chi connectivity index (χ2v) is 8.85. The van der Waals surface area contributed by atoms with Gasteiger partial charge in [0.2, 0.25) is 0 Å². The summed E-state index contributed by atoms with van der Waals surface area (Å²) in [6.45, 7) is 3.94. The molecule has 2 aromatic carbocycles. The average molecular weight is 568 g/mol. The zero-order valence-corrected chi connectivity index (χ0v) is 20.9. The lowest BCUT2D eigenvalue weighted by atomic mass is 10.2. The SMILES string of the molecule is C#CCOc1c(OC)cc(C=Nn2c(C(C)C)nc3ccc(Br)cc3c2=O)c(Br)c1Cl. The Morgan fingerprint density at radius 1 is 1.35 bits per heavy atom. The molecule has 9 heteroatoms. The summed E-state index contributed by atoms with van der Waals surface area (Å²) in [7, 11) is 1.50. The molecule has 0 unspecified atom stereocenters. The minimum absolute atomic E-state index is 0.0287. The highest BCUT2D eigenvalue weighted by Gasteiger charge is 2.18. The monoisotopic (exact) mass is 565 g/mol. The summed E-state index contributed by atoms with van der Waals surface area (Å²) in [5, 5.41) is 5.18. The van der Waals surface area contributed by atoms with Crippen LogP contribution in [0.4, 0.5) is 0 Å². The van der Waals surface area contributed by atoms with Crippen molar-refractivity contribution in [3.63, 3.8) is 0 Å². The summed E-state index contributed by atoms with van der Waals surface area (Å²) in [5.74, 6) is 3.62. The van der Waals surface area contributed by atoms with Crippen LogP contribution in [0.15, 0.2) is 43.1 Å². The zero-order chi connectivity index (χ0) is 22.7. The zero-order valence-electron chi connectivity index (χ0n) is 16.9. The molecule has 3 rings (SSSR count). The Labute approximate surface area is 201 Å². The molecule has 160 valence electrons. The number of aromatic nitrogens is 2. The molecule has 1 aromatic heterocycles. The summed E-state index contributed by atoms with van der Waals surface area (Å²) < 4.78 is 13.5. The van der Waals surface area contributed by atoms with E-state index in [0.717, 1.165) is 4.47 Å². The number of hydrogen-bond donors (Lipinski definition) is 0. The van der Waals surface area contributed by atoms with Gasteiger partial charge in [0.25, 0.3) is 5.56 Å². The van der Waals surface area contributed by atoms with Gasteiger partial charge in [0.05, 0.1) is 24.2 Å². The first-order chi connectivity index (χ1) is 14.8. The average Bonchev–Trinajstić information content (AvgIpc) is 2.75. The van der Waals surface area contributed by atoms with E-state index in [1.807, 2.05) is 19.9 Å². The number of ether oxygens (including phenoxy) is 2. The van der Waals surface area contributed by atoms with Gasteiger partial charge in [-0.25, -0.2) is 4.98 Å². The standard InChI is InChI=1S/C22H18Br2ClN3O3/c1-5-8-31-20-17(30-4)9-13(18(24)19(20)25)11-26-28-21(12(2)3)27-16-7-6-14(23)10-15(16)22(28)29/h1,6-7,9-12H,8H2,2-4H3.